The molecule has 0 aliphatic heterocycles. The summed E-state index contributed by atoms with van der Waals surface area (Å²) in [5.41, 5.74) is 1.94. The fraction of sp³-hybridized carbons (Fsp3) is 0.150. The van der Waals surface area contributed by atoms with E-state index >= 15 is 0 Å². The summed E-state index contributed by atoms with van der Waals surface area (Å²) in [6.07, 6.45) is 0.772. The lowest BCUT2D eigenvalue weighted by Crippen LogP contribution is -2.22. The number of hydrogen-bond donors (Lipinski definition) is 2. The van der Waals surface area contributed by atoms with Crippen molar-refractivity contribution in [2.24, 2.45) is 0 Å². The molecule has 1 amide bonds. The Morgan fingerprint density at radius 2 is 1.81 bits per heavy atom. The van der Waals surface area contributed by atoms with Gasteiger partial charge in [-0.2, -0.15) is 0 Å². The number of carbonyl (C=O) groups excluding carboxylic acids is 2. The first-order valence-electron chi connectivity index (χ1n) is 8.25. The number of aryl methyl sites for hydroxylation is 1. The number of benzene rings is 2. The Kier molecular flexibility index (Phi) is 5.12. The molecule has 1 aromatic heterocycles. The van der Waals surface area contributed by atoms with Crippen molar-refractivity contribution in [1.82, 2.24) is 4.98 Å². The van der Waals surface area contributed by atoms with Crippen molar-refractivity contribution in [3.8, 4) is 0 Å². The summed E-state index contributed by atoms with van der Waals surface area (Å²) in [5.74, 6) is -1.20. The summed E-state index contributed by atoms with van der Waals surface area (Å²) >= 11 is 0. The van der Waals surface area contributed by atoms with E-state index in [0.717, 1.165) is 12.0 Å². The van der Waals surface area contributed by atoms with Crippen molar-refractivity contribution in [2.45, 2.75) is 13.3 Å². The second-order valence-corrected chi connectivity index (χ2v) is 5.73. The quantitative estimate of drug-likeness (QED) is 0.693. The number of amides is 1. The molecule has 3 aromatic rings. The molecule has 0 spiro atoms. The van der Waals surface area contributed by atoms with Crippen LogP contribution < -0.4 is 10.7 Å². The molecule has 0 radical (unpaired) electrons. The number of hydrogen-bond acceptors (Lipinski definition) is 4. The average Bonchev–Trinajstić information content (AvgIpc) is 2.66. The number of aromatic nitrogens is 1. The lowest BCUT2D eigenvalue weighted by atomic mass is 10.1. The van der Waals surface area contributed by atoms with E-state index in [1.165, 1.54) is 6.07 Å². The molecular formula is C20H18N2O4. The predicted molar refractivity (Wildman–Crippen MR) is 99.3 cm³/mol. The van der Waals surface area contributed by atoms with E-state index in [2.05, 4.69) is 10.3 Å². The molecule has 0 unspecified atom stereocenters. The highest BCUT2D eigenvalue weighted by Gasteiger charge is 2.13. The third-order valence-corrected chi connectivity index (χ3v) is 3.96. The van der Waals surface area contributed by atoms with Crippen LogP contribution in [-0.4, -0.2) is 23.5 Å². The zero-order chi connectivity index (χ0) is 18.5. The van der Waals surface area contributed by atoms with Crippen molar-refractivity contribution in [2.75, 3.05) is 11.9 Å². The molecular weight excluding hydrogens is 332 g/mol. The van der Waals surface area contributed by atoms with E-state index in [1.54, 1.807) is 30.3 Å². The van der Waals surface area contributed by atoms with E-state index in [9.17, 15) is 14.4 Å². The largest absolute Gasteiger partial charge is 0.451 e. The fourth-order valence-electron chi connectivity index (χ4n) is 2.65. The molecule has 0 saturated carbocycles. The molecule has 0 atom stereocenters. The molecule has 0 fully saturated rings. The summed E-state index contributed by atoms with van der Waals surface area (Å²) in [4.78, 5) is 39.1. The molecule has 3 rings (SSSR count). The lowest BCUT2D eigenvalue weighted by molar-refractivity contribution is -0.119. The topological polar surface area (TPSA) is 88.3 Å². The first-order valence-corrected chi connectivity index (χ1v) is 8.25. The minimum absolute atomic E-state index is 0.00968. The molecule has 0 bridgehead atoms. The number of para-hydroxylation sites is 2. The van der Waals surface area contributed by atoms with Gasteiger partial charge in [-0.25, -0.2) is 4.79 Å². The number of rotatable bonds is 5. The first kappa shape index (κ1) is 17.4. The number of carbonyl (C=O) groups is 2. The van der Waals surface area contributed by atoms with E-state index < -0.39 is 18.5 Å². The van der Waals surface area contributed by atoms with Gasteiger partial charge in [0.15, 0.2) is 12.0 Å². The Balaban J connectivity index is 1.67. The smallest absolute Gasteiger partial charge is 0.355 e. The van der Waals surface area contributed by atoms with Gasteiger partial charge in [-0.15, -0.1) is 0 Å². The van der Waals surface area contributed by atoms with Crippen LogP contribution in [0, 0.1) is 0 Å². The van der Waals surface area contributed by atoms with Gasteiger partial charge in [0.25, 0.3) is 5.91 Å². The molecule has 0 saturated heterocycles. The normalized spacial score (nSPS) is 10.5. The zero-order valence-electron chi connectivity index (χ0n) is 14.2. The van der Waals surface area contributed by atoms with Crippen LogP contribution in [0.3, 0.4) is 0 Å². The molecule has 2 aromatic carbocycles. The summed E-state index contributed by atoms with van der Waals surface area (Å²) < 4.78 is 5.02. The summed E-state index contributed by atoms with van der Waals surface area (Å²) in [7, 11) is 0. The van der Waals surface area contributed by atoms with E-state index in [1.807, 2.05) is 25.1 Å². The Hall–Kier alpha value is -3.41. The minimum Gasteiger partial charge on any atom is -0.451 e. The fourth-order valence-corrected chi connectivity index (χ4v) is 2.65. The molecule has 0 aliphatic carbocycles. The third-order valence-electron chi connectivity index (χ3n) is 3.96. The monoisotopic (exact) mass is 350 g/mol. The van der Waals surface area contributed by atoms with Crippen molar-refractivity contribution in [1.29, 1.82) is 0 Å². The second kappa shape index (κ2) is 7.65. The maximum Gasteiger partial charge on any atom is 0.355 e. The van der Waals surface area contributed by atoms with Crippen LogP contribution in [0.2, 0.25) is 0 Å². The second-order valence-electron chi connectivity index (χ2n) is 5.73. The van der Waals surface area contributed by atoms with Crippen LogP contribution in [-0.2, 0) is 16.0 Å². The predicted octanol–water partition coefficient (Wildman–Crippen LogP) is 2.89. The number of aromatic amines is 1. The van der Waals surface area contributed by atoms with Crippen molar-refractivity contribution >= 4 is 28.5 Å². The van der Waals surface area contributed by atoms with Crippen LogP contribution in [0.5, 0.6) is 0 Å². The van der Waals surface area contributed by atoms with E-state index in [-0.39, 0.29) is 11.1 Å². The standard InChI is InChI=1S/C20H18N2O4/c1-2-13-7-3-5-9-15(13)22-19(24)12-26-20(25)17-11-18(23)14-8-4-6-10-16(14)21-17/h3-11H,2,12H2,1H3,(H,21,23)(H,22,24). The van der Waals surface area contributed by atoms with Crippen LogP contribution >= 0.6 is 0 Å². The minimum atomic E-state index is -0.758. The molecule has 26 heavy (non-hydrogen) atoms. The molecule has 1 heterocycles. The van der Waals surface area contributed by atoms with Gasteiger partial charge >= 0.3 is 5.97 Å². The Morgan fingerprint density at radius 1 is 1.08 bits per heavy atom. The number of nitrogens with one attached hydrogen (secondary N) is 2. The van der Waals surface area contributed by atoms with Gasteiger partial charge in [-0.1, -0.05) is 37.3 Å². The highest BCUT2D eigenvalue weighted by Crippen LogP contribution is 2.15. The van der Waals surface area contributed by atoms with Crippen LogP contribution in [0.25, 0.3) is 10.9 Å². The molecule has 6 nitrogen and oxygen atoms in total. The van der Waals surface area contributed by atoms with Crippen molar-refractivity contribution < 1.29 is 14.3 Å². The van der Waals surface area contributed by atoms with Gasteiger partial charge in [0.1, 0.15) is 5.69 Å². The average molecular weight is 350 g/mol. The van der Waals surface area contributed by atoms with Crippen LogP contribution in [0.1, 0.15) is 23.0 Å². The van der Waals surface area contributed by atoms with Gasteiger partial charge in [-0.3, -0.25) is 9.59 Å². The molecule has 0 aliphatic rings. The zero-order valence-corrected chi connectivity index (χ0v) is 14.2. The third kappa shape index (κ3) is 3.80. The maximum atomic E-state index is 12.1. The molecule has 2 N–H and O–H groups in total. The number of pyridine rings is 1. The van der Waals surface area contributed by atoms with Crippen molar-refractivity contribution in [3.05, 3.63) is 76.1 Å². The van der Waals surface area contributed by atoms with Gasteiger partial charge in [0, 0.05) is 22.7 Å². The van der Waals surface area contributed by atoms with E-state index in [0.29, 0.717) is 16.6 Å². The van der Waals surface area contributed by atoms with Crippen molar-refractivity contribution in [3.63, 3.8) is 0 Å². The first-order chi connectivity index (χ1) is 12.6. The highest BCUT2D eigenvalue weighted by atomic mass is 16.5. The Labute approximate surface area is 149 Å². The highest BCUT2D eigenvalue weighted by molar-refractivity contribution is 5.96. The van der Waals surface area contributed by atoms with Crippen LogP contribution in [0.4, 0.5) is 5.69 Å². The number of anilines is 1. The summed E-state index contributed by atoms with van der Waals surface area (Å²) in [6, 6.07) is 15.5. The molecule has 132 valence electrons. The number of H-pyrrole nitrogens is 1. The Morgan fingerprint density at radius 3 is 2.62 bits per heavy atom. The van der Waals surface area contributed by atoms with E-state index in [4.69, 9.17) is 4.74 Å². The SMILES string of the molecule is CCc1ccccc1NC(=O)COC(=O)c1cc(=O)c2ccccc2[nH]1. The van der Waals surface area contributed by atoms with Gasteiger partial charge in [-0.05, 0) is 30.2 Å². The number of ether oxygens (including phenoxy) is 1. The number of esters is 1. The summed E-state index contributed by atoms with van der Waals surface area (Å²) in [6.45, 7) is 1.55. The molecule has 6 heteroatoms. The van der Waals surface area contributed by atoms with Gasteiger partial charge in [0.05, 0.1) is 0 Å². The Bertz CT molecular complexity index is 1020. The van der Waals surface area contributed by atoms with Gasteiger partial charge < -0.3 is 15.0 Å². The van der Waals surface area contributed by atoms with Gasteiger partial charge in [0.2, 0.25) is 0 Å². The number of fused-ring (bicyclic) bond motifs is 1. The maximum absolute atomic E-state index is 12.1. The lowest BCUT2D eigenvalue weighted by Gasteiger charge is -2.10. The summed E-state index contributed by atoms with van der Waals surface area (Å²) in [5, 5.41) is 3.21. The van der Waals surface area contributed by atoms with Crippen LogP contribution in [0.15, 0.2) is 59.4 Å².